The molecule has 5 nitrogen and oxygen atoms in total. The number of piperazine rings is 1. The smallest absolute Gasteiger partial charge is 0.252 e. The normalized spacial score (nSPS) is 36.1. The van der Waals surface area contributed by atoms with E-state index in [9.17, 15) is 9.59 Å². The van der Waals surface area contributed by atoms with E-state index in [2.05, 4.69) is 5.32 Å². The zero-order valence-electron chi connectivity index (χ0n) is 10.6. The van der Waals surface area contributed by atoms with Crippen LogP contribution in [0.4, 0.5) is 0 Å². The molecule has 3 fully saturated rings. The van der Waals surface area contributed by atoms with Crippen LogP contribution in [0.5, 0.6) is 0 Å². The summed E-state index contributed by atoms with van der Waals surface area (Å²) in [6.45, 7) is 0.879. The second-order valence-electron chi connectivity index (χ2n) is 5.49. The van der Waals surface area contributed by atoms with E-state index in [1.807, 2.05) is 0 Å². The Morgan fingerprint density at radius 2 is 2.06 bits per heavy atom. The maximum Gasteiger partial charge on any atom is 0.252 e. The van der Waals surface area contributed by atoms with Crippen LogP contribution in [-0.4, -0.2) is 48.1 Å². The maximum atomic E-state index is 12.4. The molecule has 3 rings (SSSR count). The summed E-state index contributed by atoms with van der Waals surface area (Å²) in [5.74, 6) is 0.00347. The van der Waals surface area contributed by atoms with Crippen LogP contribution in [0.25, 0.3) is 0 Å². The molecule has 1 saturated carbocycles. The van der Waals surface area contributed by atoms with Gasteiger partial charge in [0, 0.05) is 12.6 Å². The number of nitrogens with zero attached hydrogens (tertiary/aromatic N) is 1. The summed E-state index contributed by atoms with van der Waals surface area (Å²) in [6, 6.07) is 0.346. The van der Waals surface area contributed by atoms with Gasteiger partial charge in [-0.1, -0.05) is 12.8 Å². The highest BCUT2D eigenvalue weighted by Crippen LogP contribution is 2.27. The Hall–Kier alpha value is -1.10. The van der Waals surface area contributed by atoms with Crippen LogP contribution >= 0.6 is 0 Å². The van der Waals surface area contributed by atoms with E-state index >= 15 is 0 Å². The van der Waals surface area contributed by atoms with Crippen LogP contribution in [0, 0.1) is 0 Å². The van der Waals surface area contributed by atoms with Crippen molar-refractivity contribution in [1.29, 1.82) is 0 Å². The molecule has 2 amide bonds. The van der Waals surface area contributed by atoms with Crippen molar-refractivity contribution in [2.24, 2.45) is 0 Å². The molecule has 18 heavy (non-hydrogen) atoms. The summed E-state index contributed by atoms with van der Waals surface area (Å²) >= 11 is 0. The lowest BCUT2D eigenvalue weighted by Crippen LogP contribution is -2.64. The number of carbonyl (C=O) groups is 2. The molecule has 3 atom stereocenters. The molecule has 2 aliphatic heterocycles. The van der Waals surface area contributed by atoms with Crippen LogP contribution in [0.3, 0.4) is 0 Å². The Kier molecular flexibility index (Phi) is 3.24. The number of rotatable bonds is 1. The topological polar surface area (TPSA) is 58.6 Å². The minimum Gasteiger partial charge on any atom is -0.368 e. The molecule has 0 unspecified atom stereocenters. The number of nitrogens with one attached hydrogen (secondary N) is 1. The fourth-order valence-electron chi connectivity index (χ4n) is 3.38. The van der Waals surface area contributed by atoms with Gasteiger partial charge in [-0.15, -0.1) is 0 Å². The van der Waals surface area contributed by atoms with Crippen molar-refractivity contribution in [2.75, 3.05) is 13.2 Å². The van der Waals surface area contributed by atoms with Gasteiger partial charge in [0.2, 0.25) is 5.91 Å². The molecule has 0 aromatic rings. The van der Waals surface area contributed by atoms with E-state index in [0.717, 1.165) is 38.5 Å². The molecule has 0 aromatic heterocycles. The molecule has 1 aliphatic carbocycles. The van der Waals surface area contributed by atoms with Crippen LogP contribution in [0.1, 0.15) is 38.5 Å². The first-order chi connectivity index (χ1) is 8.75. The van der Waals surface area contributed by atoms with Crippen molar-refractivity contribution in [3.8, 4) is 0 Å². The molecule has 0 radical (unpaired) electrons. The zero-order valence-corrected chi connectivity index (χ0v) is 10.6. The Balaban J connectivity index is 1.75. The zero-order chi connectivity index (χ0) is 12.5. The largest absolute Gasteiger partial charge is 0.368 e. The first kappa shape index (κ1) is 12.0. The Morgan fingerprint density at radius 3 is 2.83 bits per heavy atom. The molecule has 0 spiro atoms. The van der Waals surface area contributed by atoms with Crippen LogP contribution < -0.4 is 5.32 Å². The van der Waals surface area contributed by atoms with E-state index in [4.69, 9.17) is 4.74 Å². The fourth-order valence-corrected chi connectivity index (χ4v) is 3.38. The van der Waals surface area contributed by atoms with Gasteiger partial charge in [-0.05, 0) is 25.7 Å². The predicted octanol–water partition coefficient (Wildman–Crippen LogP) is 0.435. The van der Waals surface area contributed by atoms with E-state index in [0.29, 0.717) is 6.61 Å². The van der Waals surface area contributed by atoms with E-state index in [1.165, 1.54) is 0 Å². The SMILES string of the molecule is O=C1CN(C(=O)[C@@H]2CCCO2)[C@H]2CCCC[C@H]2N1. The minimum atomic E-state index is -0.307. The molecular formula is C13H20N2O3. The summed E-state index contributed by atoms with van der Waals surface area (Å²) in [7, 11) is 0. The molecule has 0 bridgehead atoms. The number of amides is 2. The van der Waals surface area contributed by atoms with Crippen molar-refractivity contribution in [2.45, 2.75) is 56.7 Å². The average molecular weight is 252 g/mol. The number of carbonyl (C=O) groups excluding carboxylic acids is 2. The number of hydrogen-bond acceptors (Lipinski definition) is 3. The molecule has 100 valence electrons. The summed E-state index contributed by atoms with van der Waals surface area (Å²) in [5.41, 5.74) is 0. The van der Waals surface area contributed by atoms with Gasteiger partial charge in [0.05, 0.1) is 12.6 Å². The van der Waals surface area contributed by atoms with Gasteiger partial charge in [0.1, 0.15) is 6.10 Å². The third-order valence-corrected chi connectivity index (χ3v) is 4.28. The summed E-state index contributed by atoms with van der Waals surface area (Å²) in [5, 5.41) is 3.02. The van der Waals surface area contributed by atoms with E-state index in [1.54, 1.807) is 4.90 Å². The Bertz CT molecular complexity index is 352. The number of fused-ring (bicyclic) bond motifs is 1. The summed E-state index contributed by atoms with van der Waals surface area (Å²) in [6.07, 6.45) is 5.72. The molecule has 0 aromatic carbocycles. The average Bonchev–Trinajstić information content (AvgIpc) is 2.90. The van der Waals surface area contributed by atoms with Crippen LogP contribution in [-0.2, 0) is 14.3 Å². The molecule has 2 heterocycles. The van der Waals surface area contributed by atoms with Crippen LogP contribution in [0.2, 0.25) is 0 Å². The van der Waals surface area contributed by atoms with Crippen molar-refractivity contribution in [1.82, 2.24) is 10.2 Å². The third kappa shape index (κ3) is 2.11. The van der Waals surface area contributed by atoms with Crippen molar-refractivity contribution < 1.29 is 14.3 Å². The summed E-state index contributed by atoms with van der Waals surface area (Å²) in [4.78, 5) is 25.9. The third-order valence-electron chi connectivity index (χ3n) is 4.28. The highest BCUT2D eigenvalue weighted by Gasteiger charge is 2.41. The van der Waals surface area contributed by atoms with E-state index < -0.39 is 0 Å². The number of hydrogen-bond donors (Lipinski definition) is 1. The first-order valence-electron chi connectivity index (χ1n) is 6.97. The highest BCUT2D eigenvalue weighted by molar-refractivity contribution is 5.88. The van der Waals surface area contributed by atoms with Gasteiger partial charge in [-0.2, -0.15) is 0 Å². The second-order valence-corrected chi connectivity index (χ2v) is 5.49. The lowest BCUT2D eigenvalue weighted by Gasteiger charge is -2.44. The molecule has 2 saturated heterocycles. The standard InChI is InChI=1S/C13H20N2O3/c16-12-8-15(13(17)11-6-3-7-18-11)10-5-2-1-4-9(10)14-12/h9-11H,1-8H2,(H,14,16)/t9-,10+,11+/m1/s1. The van der Waals surface area contributed by atoms with Gasteiger partial charge in [-0.25, -0.2) is 0 Å². The molecule has 1 N–H and O–H groups in total. The monoisotopic (exact) mass is 252 g/mol. The molecule has 3 aliphatic rings. The van der Waals surface area contributed by atoms with Crippen molar-refractivity contribution >= 4 is 11.8 Å². The van der Waals surface area contributed by atoms with Gasteiger partial charge in [-0.3, -0.25) is 9.59 Å². The quantitative estimate of drug-likeness (QED) is 0.736. The fraction of sp³-hybridized carbons (Fsp3) is 0.846. The Labute approximate surface area is 107 Å². The summed E-state index contributed by atoms with van der Waals surface area (Å²) < 4.78 is 5.46. The second kappa shape index (κ2) is 4.88. The molecule has 5 heteroatoms. The highest BCUT2D eigenvalue weighted by atomic mass is 16.5. The van der Waals surface area contributed by atoms with Crippen molar-refractivity contribution in [3.63, 3.8) is 0 Å². The predicted molar refractivity (Wildman–Crippen MR) is 64.9 cm³/mol. The molecular weight excluding hydrogens is 232 g/mol. The lowest BCUT2D eigenvalue weighted by molar-refractivity contribution is -0.151. The number of ether oxygens (including phenoxy) is 1. The maximum absolute atomic E-state index is 12.4. The van der Waals surface area contributed by atoms with Crippen LogP contribution in [0.15, 0.2) is 0 Å². The first-order valence-corrected chi connectivity index (χ1v) is 6.97. The minimum absolute atomic E-state index is 0.0236. The van der Waals surface area contributed by atoms with Gasteiger partial charge < -0.3 is 15.0 Å². The van der Waals surface area contributed by atoms with Crippen molar-refractivity contribution in [3.05, 3.63) is 0 Å². The van der Waals surface area contributed by atoms with Gasteiger partial charge in [0.15, 0.2) is 0 Å². The lowest BCUT2D eigenvalue weighted by atomic mass is 9.87. The Morgan fingerprint density at radius 1 is 1.22 bits per heavy atom. The van der Waals surface area contributed by atoms with E-state index in [-0.39, 0.29) is 36.5 Å². The van der Waals surface area contributed by atoms with Gasteiger partial charge >= 0.3 is 0 Å². The van der Waals surface area contributed by atoms with Gasteiger partial charge in [0.25, 0.3) is 5.91 Å².